The molecule has 0 aromatic rings. The second-order valence-corrected chi connectivity index (χ2v) is 4.21. The van der Waals surface area contributed by atoms with Crippen molar-refractivity contribution in [1.29, 1.82) is 0 Å². The minimum Gasteiger partial charge on any atom is -0.0885 e. The van der Waals surface area contributed by atoms with E-state index in [4.69, 9.17) is 0 Å². The first kappa shape index (κ1) is 15.2. The quantitative estimate of drug-likeness (QED) is 0.247. The third kappa shape index (κ3) is 13.2. The van der Waals surface area contributed by atoms with E-state index in [0.717, 1.165) is 0 Å². The topological polar surface area (TPSA) is 0 Å². The largest absolute Gasteiger partial charge is 0.0885 e. The molecular weight excluding hydrogens is 192 g/mol. The highest BCUT2D eigenvalue weighted by Crippen LogP contribution is 2.04. The van der Waals surface area contributed by atoms with E-state index in [9.17, 15) is 0 Å². The smallest absolute Gasteiger partial charge is 0.0345 e. The highest BCUT2D eigenvalue weighted by atomic mass is 13.9. The van der Waals surface area contributed by atoms with Crippen LogP contribution in [0.25, 0.3) is 0 Å². The summed E-state index contributed by atoms with van der Waals surface area (Å²) >= 11 is 0. The summed E-state index contributed by atoms with van der Waals surface area (Å²) in [5.74, 6) is 0. The van der Waals surface area contributed by atoms with Crippen LogP contribution >= 0.6 is 0 Å². The molecule has 0 aromatic carbocycles. The molecule has 0 aromatic heterocycles. The number of allylic oxidation sites excluding steroid dienone is 6. The first-order valence-electron chi connectivity index (χ1n) is 6.84. The minimum absolute atomic E-state index is 1.20. The number of hydrogen-bond donors (Lipinski definition) is 0. The van der Waals surface area contributed by atoms with Crippen LogP contribution in [-0.4, -0.2) is 0 Å². The molecule has 0 saturated heterocycles. The van der Waals surface area contributed by atoms with Gasteiger partial charge >= 0.3 is 0 Å². The van der Waals surface area contributed by atoms with Crippen molar-refractivity contribution in [1.82, 2.24) is 0 Å². The predicted molar refractivity (Wildman–Crippen MR) is 75.7 cm³/mol. The maximum atomic E-state index is 2.35. The summed E-state index contributed by atoms with van der Waals surface area (Å²) in [6.07, 6.45) is 23.7. The second kappa shape index (κ2) is 14.2. The van der Waals surface area contributed by atoms with Crippen LogP contribution in [0.4, 0.5) is 0 Å². The molecule has 0 aliphatic heterocycles. The highest BCUT2D eigenvalue weighted by Gasteiger charge is 1.84. The molecule has 0 aliphatic rings. The van der Waals surface area contributed by atoms with E-state index in [0.29, 0.717) is 0 Å². The average Bonchev–Trinajstić information content (AvgIpc) is 2.31. The molecule has 0 nitrogen and oxygen atoms in total. The molecule has 0 rings (SSSR count). The summed E-state index contributed by atoms with van der Waals surface area (Å²) in [4.78, 5) is 0. The van der Waals surface area contributed by atoms with Gasteiger partial charge in [0.15, 0.2) is 0 Å². The molecule has 0 heteroatoms. The van der Waals surface area contributed by atoms with E-state index in [1.165, 1.54) is 51.4 Å². The Morgan fingerprint density at radius 2 is 1.38 bits per heavy atom. The van der Waals surface area contributed by atoms with Gasteiger partial charge in [-0.25, -0.2) is 0 Å². The summed E-state index contributed by atoms with van der Waals surface area (Å²) in [6, 6.07) is 0. The van der Waals surface area contributed by atoms with E-state index < -0.39 is 0 Å². The highest BCUT2D eigenvalue weighted by molar-refractivity contribution is 5.00. The van der Waals surface area contributed by atoms with E-state index in [-0.39, 0.29) is 0 Å². The normalized spacial score (nSPS) is 12.4. The summed E-state index contributed by atoms with van der Waals surface area (Å²) in [6.45, 7) is 4.31. The van der Waals surface area contributed by atoms with Crippen molar-refractivity contribution < 1.29 is 0 Å². The second-order valence-electron chi connectivity index (χ2n) is 4.21. The molecule has 0 amide bonds. The van der Waals surface area contributed by atoms with Crippen LogP contribution in [0.5, 0.6) is 0 Å². The monoisotopic (exact) mass is 220 g/mol. The van der Waals surface area contributed by atoms with Crippen LogP contribution in [0.2, 0.25) is 0 Å². The van der Waals surface area contributed by atoms with Gasteiger partial charge in [-0.05, 0) is 39.0 Å². The zero-order valence-corrected chi connectivity index (χ0v) is 11.1. The molecular formula is C16H28. The Labute approximate surface area is 102 Å². The fourth-order valence-electron chi connectivity index (χ4n) is 1.56. The van der Waals surface area contributed by atoms with Crippen LogP contribution in [0, 0.1) is 0 Å². The Morgan fingerprint density at radius 3 is 2.06 bits per heavy atom. The van der Waals surface area contributed by atoms with Gasteiger partial charge in [0.05, 0.1) is 0 Å². The van der Waals surface area contributed by atoms with Gasteiger partial charge in [-0.3, -0.25) is 0 Å². The van der Waals surface area contributed by atoms with Gasteiger partial charge in [0.2, 0.25) is 0 Å². The third-order valence-electron chi connectivity index (χ3n) is 2.57. The Bertz CT molecular complexity index is 196. The number of hydrogen-bond acceptors (Lipinski definition) is 0. The van der Waals surface area contributed by atoms with Gasteiger partial charge in [-0.2, -0.15) is 0 Å². The molecule has 0 aliphatic carbocycles. The minimum atomic E-state index is 1.20. The van der Waals surface area contributed by atoms with E-state index in [1.54, 1.807) is 0 Å². The van der Waals surface area contributed by atoms with E-state index in [2.05, 4.69) is 43.4 Å². The van der Waals surface area contributed by atoms with E-state index in [1.807, 2.05) is 6.92 Å². The molecule has 0 atom stereocenters. The SMILES string of the molecule is CC=CC=CCCCC=CCCCCCC. The molecule has 0 radical (unpaired) electrons. The van der Waals surface area contributed by atoms with Crippen molar-refractivity contribution in [2.24, 2.45) is 0 Å². The molecule has 16 heavy (non-hydrogen) atoms. The first-order chi connectivity index (χ1) is 7.91. The molecule has 0 fully saturated rings. The van der Waals surface area contributed by atoms with Gasteiger partial charge in [-0.1, -0.05) is 62.6 Å². The molecule has 0 heterocycles. The van der Waals surface area contributed by atoms with Crippen molar-refractivity contribution >= 4 is 0 Å². The lowest BCUT2D eigenvalue weighted by molar-refractivity contribution is 0.673. The third-order valence-corrected chi connectivity index (χ3v) is 2.57. The molecule has 0 saturated carbocycles. The lowest BCUT2D eigenvalue weighted by Crippen LogP contribution is -1.74. The summed E-state index contributed by atoms with van der Waals surface area (Å²) < 4.78 is 0. The molecule has 0 unspecified atom stereocenters. The molecule has 92 valence electrons. The standard InChI is InChI=1S/C16H28/c1-3-5-7-9-11-13-15-16-14-12-10-8-6-4-2/h3,5,7,9,14,16H,4,6,8,10-13,15H2,1-2H3. The Balaban J connectivity index is 3.15. The summed E-state index contributed by atoms with van der Waals surface area (Å²) in [5.41, 5.74) is 0. The molecule has 0 N–H and O–H groups in total. The average molecular weight is 220 g/mol. The van der Waals surface area contributed by atoms with E-state index >= 15 is 0 Å². The van der Waals surface area contributed by atoms with Crippen LogP contribution in [0.1, 0.15) is 65.2 Å². The van der Waals surface area contributed by atoms with Crippen LogP contribution in [0.15, 0.2) is 36.5 Å². The zero-order chi connectivity index (χ0) is 11.9. The van der Waals surface area contributed by atoms with Crippen molar-refractivity contribution in [2.45, 2.75) is 65.2 Å². The first-order valence-corrected chi connectivity index (χ1v) is 6.84. The Morgan fingerprint density at radius 1 is 0.688 bits per heavy atom. The van der Waals surface area contributed by atoms with Gasteiger partial charge in [-0.15, -0.1) is 0 Å². The van der Waals surface area contributed by atoms with Gasteiger partial charge in [0.1, 0.15) is 0 Å². The lowest BCUT2D eigenvalue weighted by atomic mass is 10.1. The number of rotatable bonds is 10. The zero-order valence-electron chi connectivity index (χ0n) is 11.1. The maximum absolute atomic E-state index is 2.35. The molecule has 0 spiro atoms. The van der Waals surface area contributed by atoms with Crippen LogP contribution in [-0.2, 0) is 0 Å². The fourth-order valence-corrected chi connectivity index (χ4v) is 1.56. The van der Waals surface area contributed by atoms with Crippen molar-refractivity contribution in [2.75, 3.05) is 0 Å². The van der Waals surface area contributed by atoms with Crippen LogP contribution < -0.4 is 0 Å². The van der Waals surface area contributed by atoms with Crippen molar-refractivity contribution in [3.63, 3.8) is 0 Å². The number of unbranched alkanes of at least 4 members (excludes halogenated alkanes) is 6. The van der Waals surface area contributed by atoms with Crippen molar-refractivity contribution in [3.05, 3.63) is 36.5 Å². The van der Waals surface area contributed by atoms with Gasteiger partial charge in [0, 0.05) is 0 Å². The van der Waals surface area contributed by atoms with Crippen molar-refractivity contribution in [3.8, 4) is 0 Å². The summed E-state index contributed by atoms with van der Waals surface area (Å²) in [7, 11) is 0. The summed E-state index contributed by atoms with van der Waals surface area (Å²) in [5, 5.41) is 0. The Kier molecular flexibility index (Phi) is 13.5. The van der Waals surface area contributed by atoms with Gasteiger partial charge < -0.3 is 0 Å². The predicted octanol–water partition coefficient (Wildman–Crippen LogP) is 5.82. The molecule has 0 bridgehead atoms. The fraction of sp³-hybridized carbons (Fsp3) is 0.625. The maximum Gasteiger partial charge on any atom is -0.0345 e. The Hall–Kier alpha value is -0.780. The van der Waals surface area contributed by atoms with Crippen LogP contribution in [0.3, 0.4) is 0 Å². The lowest BCUT2D eigenvalue weighted by Gasteiger charge is -1.94. The van der Waals surface area contributed by atoms with Gasteiger partial charge in [0.25, 0.3) is 0 Å².